The van der Waals surface area contributed by atoms with Crippen LogP contribution in [0.15, 0.2) is 18.2 Å². The molecule has 5 nitrogen and oxygen atoms in total. The first-order valence-electron chi connectivity index (χ1n) is 6.35. The Hall–Kier alpha value is -1.88. The smallest absolute Gasteiger partial charge is 0.260 e. The summed E-state index contributed by atoms with van der Waals surface area (Å²) >= 11 is 0. The number of hydrogen-bond donors (Lipinski definition) is 1. The highest BCUT2D eigenvalue weighted by molar-refractivity contribution is 6.14. The van der Waals surface area contributed by atoms with E-state index in [1.54, 1.807) is 19.2 Å². The monoisotopic (exact) mass is 260 g/mol. The number of ether oxygens (including phenoxy) is 1. The van der Waals surface area contributed by atoms with E-state index in [0.717, 1.165) is 18.4 Å². The molecule has 2 N–H and O–H groups in total. The summed E-state index contributed by atoms with van der Waals surface area (Å²) in [5.74, 6) is -0.353. The van der Waals surface area contributed by atoms with Crippen molar-refractivity contribution in [3.63, 3.8) is 0 Å². The van der Waals surface area contributed by atoms with Crippen LogP contribution >= 0.6 is 0 Å². The third-order valence-electron chi connectivity index (χ3n) is 3.96. The van der Waals surface area contributed by atoms with Crippen molar-refractivity contribution in [3.8, 4) is 0 Å². The Morgan fingerprint density at radius 2 is 2.11 bits per heavy atom. The predicted octanol–water partition coefficient (Wildman–Crippen LogP) is 0.929. The number of amides is 2. The van der Waals surface area contributed by atoms with Crippen LogP contribution in [-0.4, -0.2) is 37.0 Å². The zero-order valence-corrected chi connectivity index (χ0v) is 10.8. The molecule has 5 heteroatoms. The van der Waals surface area contributed by atoms with Crippen molar-refractivity contribution in [3.05, 3.63) is 29.3 Å². The molecule has 0 bridgehead atoms. The van der Waals surface area contributed by atoms with Gasteiger partial charge in [0.05, 0.1) is 18.6 Å². The van der Waals surface area contributed by atoms with Gasteiger partial charge in [-0.3, -0.25) is 14.5 Å². The molecule has 1 spiro atoms. The third-order valence-corrected chi connectivity index (χ3v) is 3.96. The van der Waals surface area contributed by atoms with E-state index in [2.05, 4.69) is 0 Å². The number of fused-ring (bicyclic) bond motifs is 2. The third kappa shape index (κ3) is 1.65. The largest absolute Gasteiger partial charge is 0.399 e. The SMILES string of the molecule is COCCN1C(=O)c2cc(N)ccc2C2(CC2)C1=O. The van der Waals surface area contributed by atoms with Crippen molar-refractivity contribution in [2.75, 3.05) is 26.0 Å². The maximum Gasteiger partial charge on any atom is 0.260 e. The number of hydrogen-bond acceptors (Lipinski definition) is 4. The molecular weight excluding hydrogens is 244 g/mol. The minimum absolute atomic E-state index is 0.0909. The Balaban J connectivity index is 2.06. The van der Waals surface area contributed by atoms with Crippen LogP contribution in [-0.2, 0) is 14.9 Å². The molecule has 0 saturated heterocycles. The Morgan fingerprint density at radius 3 is 2.74 bits per heavy atom. The second-order valence-corrected chi connectivity index (χ2v) is 5.14. The van der Waals surface area contributed by atoms with Crippen LogP contribution < -0.4 is 5.73 Å². The quantitative estimate of drug-likeness (QED) is 0.648. The highest BCUT2D eigenvalue weighted by Crippen LogP contribution is 2.53. The summed E-state index contributed by atoms with van der Waals surface area (Å²) in [6, 6.07) is 5.25. The van der Waals surface area contributed by atoms with Crippen LogP contribution in [0.2, 0.25) is 0 Å². The fourth-order valence-electron chi connectivity index (χ4n) is 2.76. The number of nitrogens with two attached hydrogens (primary N) is 1. The van der Waals surface area contributed by atoms with Gasteiger partial charge in [-0.1, -0.05) is 6.07 Å². The average molecular weight is 260 g/mol. The second kappa shape index (κ2) is 4.06. The summed E-state index contributed by atoms with van der Waals surface area (Å²) in [6.45, 7) is 0.648. The van der Waals surface area contributed by atoms with Gasteiger partial charge in [0.25, 0.3) is 5.91 Å². The molecule has 1 aromatic carbocycles. The van der Waals surface area contributed by atoms with Gasteiger partial charge in [0.1, 0.15) is 0 Å². The predicted molar refractivity (Wildman–Crippen MR) is 69.7 cm³/mol. The number of nitrogens with zero attached hydrogens (tertiary/aromatic N) is 1. The Kier molecular flexibility index (Phi) is 2.60. The molecule has 19 heavy (non-hydrogen) atoms. The standard InChI is InChI=1S/C14H16N2O3/c1-19-7-6-16-12(17)10-8-9(15)2-3-11(10)14(4-5-14)13(16)18/h2-3,8H,4-7,15H2,1H3. The number of methoxy groups -OCH3 is 1. The fraction of sp³-hybridized carbons (Fsp3) is 0.429. The molecule has 100 valence electrons. The van der Waals surface area contributed by atoms with Gasteiger partial charge in [-0.25, -0.2) is 0 Å². The van der Waals surface area contributed by atoms with E-state index in [4.69, 9.17) is 10.5 Å². The van der Waals surface area contributed by atoms with Crippen LogP contribution in [0.5, 0.6) is 0 Å². The zero-order valence-electron chi connectivity index (χ0n) is 10.8. The molecule has 2 amide bonds. The summed E-state index contributed by atoms with van der Waals surface area (Å²) in [5, 5.41) is 0. The number of carbonyl (C=O) groups excluding carboxylic acids is 2. The second-order valence-electron chi connectivity index (χ2n) is 5.14. The van der Waals surface area contributed by atoms with E-state index in [-0.39, 0.29) is 11.8 Å². The van der Waals surface area contributed by atoms with Gasteiger partial charge in [-0.15, -0.1) is 0 Å². The first-order chi connectivity index (χ1) is 9.10. The summed E-state index contributed by atoms with van der Waals surface area (Å²) in [4.78, 5) is 26.2. The normalized spacial score (nSPS) is 19.7. The number of nitrogen functional groups attached to an aromatic ring is 1. The van der Waals surface area contributed by atoms with Crippen molar-refractivity contribution >= 4 is 17.5 Å². The van der Waals surface area contributed by atoms with E-state index in [1.807, 2.05) is 6.07 Å². The fourth-order valence-corrected chi connectivity index (χ4v) is 2.76. The van der Waals surface area contributed by atoms with Crippen LogP contribution in [0, 0.1) is 0 Å². The van der Waals surface area contributed by atoms with Crippen LogP contribution in [0.1, 0.15) is 28.8 Å². The number of rotatable bonds is 3. The molecule has 2 aliphatic rings. The molecule has 0 atom stereocenters. The van der Waals surface area contributed by atoms with Crippen molar-refractivity contribution < 1.29 is 14.3 Å². The van der Waals surface area contributed by atoms with E-state index < -0.39 is 5.41 Å². The van der Waals surface area contributed by atoms with Crippen molar-refractivity contribution in [1.29, 1.82) is 0 Å². The van der Waals surface area contributed by atoms with Gasteiger partial charge in [-0.2, -0.15) is 0 Å². The molecule has 1 aliphatic heterocycles. The molecule has 0 unspecified atom stereocenters. The minimum Gasteiger partial charge on any atom is -0.399 e. The molecule has 1 saturated carbocycles. The summed E-state index contributed by atoms with van der Waals surface area (Å²) in [6.07, 6.45) is 1.61. The molecule has 1 aliphatic carbocycles. The molecule has 1 heterocycles. The number of imide groups is 1. The average Bonchev–Trinajstić information content (AvgIpc) is 3.18. The lowest BCUT2D eigenvalue weighted by Crippen LogP contribution is -2.49. The summed E-state index contributed by atoms with van der Waals surface area (Å²) in [7, 11) is 1.55. The van der Waals surface area contributed by atoms with Crippen molar-refractivity contribution in [2.24, 2.45) is 0 Å². The van der Waals surface area contributed by atoms with Crippen LogP contribution in [0.3, 0.4) is 0 Å². The van der Waals surface area contributed by atoms with E-state index in [1.165, 1.54) is 4.90 Å². The number of anilines is 1. The molecule has 0 radical (unpaired) electrons. The van der Waals surface area contributed by atoms with Crippen LogP contribution in [0.25, 0.3) is 0 Å². The maximum atomic E-state index is 12.5. The number of carbonyl (C=O) groups is 2. The highest BCUT2D eigenvalue weighted by atomic mass is 16.5. The lowest BCUT2D eigenvalue weighted by Gasteiger charge is -2.32. The Bertz CT molecular complexity index is 564. The van der Waals surface area contributed by atoms with Gasteiger partial charge in [0, 0.05) is 18.4 Å². The topological polar surface area (TPSA) is 72.6 Å². The van der Waals surface area contributed by atoms with Crippen molar-refractivity contribution in [1.82, 2.24) is 4.90 Å². The van der Waals surface area contributed by atoms with E-state index in [0.29, 0.717) is 24.4 Å². The minimum atomic E-state index is -0.481. The molecule has 1 fully saturated rings. The van der Waals surface area contributed by atoms with Gasteiger partial charge in [0.15, 0.2) is 0 Å². The van der Waals surface area contributed by atoms with Gasteiger partial charge in [-0.05, 0) is 30.5 Å². The first-order valence-corrected chi connectivity index (χ1v) is 6.35. The lowest BCUT2D eigenvalue weighted by atomic mass is 9.85. The highest BCUT2D eigenvalue weighted by Gasteiger charge is 2.58. The molecule has 1 aromatic rings. The Morgan fingerprint density at radius 1 is 1.37 bits per heavy atom. The van der Waals surface area contributed by atoms with Gasteiger partial charge < -0.3 is 10.5 Å². The maximum absolute atomic E-state index is 12.5. The molecule has 0 aromatic heterocycles. The van der Waals surface area contributed by atoms with Crippen LogP contribution in [0.4, 0.5) is 5.69 Å². The van der Waals surface area contributed by atoms with E-state index in [9.17, 15) is 9.59 Å². The lowest BCUT2D eigenvalue weighted by molar-refractivity contribution is -0.132. The molecule has 3 rings (SSSR count). The number of benzene rings is 1. The molecular formula is C14H16N2O3. The van der Waals surface area contributed by atoms with E-state index >= 15 is 0 Å². The summed E-state index contributed by atoms with van der Waals surface area (Å²) < 4.78 is 4.97. The van der Waals surface area contributed by atoms with Gasteiger partial charge in [0.2, 0.25) is 5.91 Å². The van der Waals surface area contributed by atoms with Gasteiger partial charge >= 0.3 is 0 Å². The Labute approximate surface area is 111 Å². The van der Waals surface area contributed by atoms with Crippen molar-refractivity contribution in [2.45, 2.75) is 18.3 Å². The summed E-state index contributed by atoms with van der Waals surface area (Å²) in [5.41, 5.74) is 7.22. The first kappa shape index (κ1) is 12.2. The zero-order chi connectivity index (χ0) is 13.6.